The molecule has 7 unspecified atom stereocenters. The molecule has 0 radical (unpaired) electrons. The summed E-state index contributed by atoms with van der Waals surface area (Å²) >= 11 is 0. The second-order valence-electron chi connectivity index (χ2n) is 8.97. The summed E-state index contributed by atoms with van der Waals surface area (Å²) in [6.45, 7) is 15.6. The molecule has 0 aliphatic rings. The number of hydrogen-bond donors (Lipinski definition) is 5. The van der Waals surface area contributed by atoms with Crippen LogP contribution in [0.1, 0.15) is 80.6 Å². The lowest BCUT2D eigenvalue weighted by Crippen LogP contribution is -2.43. The van der Waals surface area contributed by atoms with Gasteiger partial charge in [0.1, 0.15) is 0 Å². The van der Waals surface area contributed by atoms with E-state index in [0.29, 0.717) is 25.2 Å². The predicted molar refractivity (Wildman–Crippen MR) is 119 cm³/mol. The lowest BCUT2D eigenvalue weighted by atomic mass is 9.86. The van der Waals surface area contributed by atoms with Gasteiger partial charge >= 0.3 is 0 Å². The molecular formula is C23H49NO5. The molecule has 0 amide bonds. The van der Waals surface area contributed by atoms with E-state index in [4.69, 9.17) is 4.74 Å². The Kier molecular flexibility index (Phi) is 15.4. The number of aliphatic hydroxyl groups excluding tert-OH is 4. The third kappa shape index (κ3) is 10.6. The molecule has 0 heterocycles. The molecule has 0 saturated heterocycles. The second-order valence-corrected chi connectivity index (χ2v) is 8.97. The van der Waals surface area contributed by atoms with Crippen molar-refractivity contribution in [1.82, 2.24) is 5.32 Å². The van der Waals surface area contributed by atoms with Gasteiger partial charge < -0.3 is 30.5 Å². The largest absolute Gasteiger partial charge is 0.393 e. The van der Waals surface area contributed by atoms with Crippen molar-refractivity contribution in [2.24, 2.45) is 23.7 Å². The fraction of sp³-hybridized carbons (Fsp3) is 1.00. The minimum absolute atomic E-state index is 0.102. The van der Waals surface area contributed by atoms with Crippen molar-refractivity contribution in [3.8, 4) is 0 Å². The zero-order chi connectivity index (χ0) is 22.6. The van der Waals surface area contributed by atoms with Gasteiger partial charge in [-0.15, -0.1) is 0 Å². The van der Waals surface area contributed by atoms with Crippen LogP contribution in [0, 0.1) is 23.7 Å². The molecule has 0 aliphatic carbocycles. The molecule has 0 saturated carbocycles. The molecule has 0 aromatic rings. The summed E-state index contributed by atoms with van der Waals surface area (Å²) in [7, 11) is 0. The van der Waals surface area contributed by atoms with Crippen molar-refractivity contribution in [2.75, 3.05) is 13.1 Å². The minimum Gasteiger partial charge on any atom is -0.393 e. The highest BCUT2D eigenvalue weighted by molar-refractivity contribution is 4.80. The summed E-state index contributed by atoms with van der Waals surface area (Å²) in [5, 5.41) is 45.2. The van der Waals surface area contributed by atoms with Crippen LogP contribution in [0.15, 0.2) is 0 Å². The maximum absolute atomic E-state index is 10.7. The Labute approximate surface area is 179 Å². The smallest absolute Gasteiger partial charge is 0.159 e. The quantitative estimate of drug-likeness (QED) is 0.184. The van der Waals surface area contributed by atoms with Gasteiger partial charge in [-0.05, 0) is 51.1 Å². The molecule has 0 spiro atoms. The van der Waals surface area contributed by atoms with E-state index in [9.17, 15) is 20.4 Å². The first kappa shape index (κ1) is 28.8. The lowest BCUT2D eigenvalue weighted by molar-refractivity contribution is -0.205. The Hall–Kier alpha value is -0.240. The zero-order valence-electron chi connectivity index (χ0n) is 19.8. The van der Waals surface area contributed by atoms with Crippen molar-refractivity contribution in [2.45, 2.75) is 111 Å². The molecule has 6 heteroatoms. The standard InChI is InChI=1S/C23H49NO5/c1-8-13-24-14-15(4)11-12-20(26)17(6)22(27)18(7)23(28)29-21(10-3)16(5)19(25)9-2/h15-28H,8-14H2,1-7H3/t15?,16?,17?,18-,19-,20?,21?,22?,23?/m1/s1. The van der Waals surface area contributed by atoms with Crippen molar-refractivity contribution < 1.29 is 25.2 Å². The maximum Gasteiger partial charge on any atom is 0.159 e. The van der Waals surface area contributed by atoms with E-state index < -0.39 is 30.5 Å². The fourth-order valence-electron chi connectivity index (χ4n) is 3.74. The first-order chi connectivity index (χ1) is 13.6. The molecule has 176 valence electrons. The van der Waals surface area contributed by atoms with E-state index in [1.807, 2.05) is 27.7 Å². The summed E-state index contributed by atoms with van der Waals surface area (Å²) < 4.78 is 5.80. The molecule has 0 fully saturated rings. The molecule has 0 aromatic carbocycles. The topological polar surface area (TPSA) is 102 Å². The average molecular weight is 420 g/mol. The number of aliphatic hydroxyl groups is 4. The monoisotopic (exact) mass is 419 g/mol. The second kappa shape index (κ2) is 15.5. The van der Waals surface area contributed by atoms with Crippen LogP contribution < -0.4 is 5.32 Å². The highest BCUT2D eigenvalue weighted by atomic mass is 16.6. The van der Waals surface area contributed by atoms with Gasteiger partial charge in [-0.3, -0.25) is 0 Å². The third-order valence-corrected chi connectivity index (χ3v) is 6.34. The van der Waals surface area contributed by atoms with Crippen LogP contribution in [0.5, 0.6) is 0 Å². The van der Waals surface area contributed by atoms with Crippen LogP contribution in [0.25, 0.3) is 0 Å². The van der Waals surface area contributed by atoms with E-state index in [1.54, 1.807) is 6.92 Å². The molecule has 0 rings (SSSR count). The Bertz CT molecular complexity index is 397. The van der Waals surface area contributed by atoms with Crippen molar-refractivity contribution in [1.29, 1.82) is 0 Å². The van der Waals surface area contributed by atoms with Crippen LogP contribution in [0.4, 0.5) is 0 Å². The van der Waals surface area contributed by atoms with Gasteiger partial charge in [0.05, 0.1) is 24.4 Å². The molecule has 9 atom stereocenters. The van der Waals surface area contributed by atoms with Crippen molar-refractivity contribution in [3.63, 3.8) is 0 Å². The molecular weight excluding hydrogens is 370 g/mol. The van der Waals surface area contributed by atoms with Crippen LogP contribution in [0.2, 0.25) is 0 Å². The number of nitrogens with one attached hydrogen (secondary N) is 1. The van der Waals surface area contributed by atoms with Crippen molar-refractivity contribution >= 4 is 0 Å². The Balaban J connectivity index is 4.60. The number of ether oxygens (including phenoxy) is 1. The fourth-order valence-corrected chi connectivity index (χ4v) is 3.74. The maximum atomic E-state index is 10.7. The summed E-state index contributed by atoms with van der Waals surface area (Å²) in [6, 6.07) is 0. The van der Waals surface area contributed by atoms with Crippen LogP contribution in [-0.4, -0.2) is 64.2 Å². The molecule has 29 heavy (non-hydrogen) atoms. The van der Waals surface area contributed by atoms with E-state index in [-0.39, 0.29) is 17.9 Å². The SMILES string of the molecule is CCCNCC(C)CCC(O)C(C)C(O)[C@@H](C)C(O)OC(CC)C(C)[C@H](O)CC. The highest BCUT2D eigenvalue weighted by Gasteiger charge is 2.34. The lowest BCUT2D eigenvalue weighted by Gasteiger charge is -2.35. The number of rotatable bonds is 17. The van der Waals surface area contributed by atoms with Gasteiger partial charge in [0.15, 0.2) is 6.29 Å². The Morgan fingerprint density at radius 3 is 1.90 bits per heavy atom. The van der Waals surface area contributed by atoms with Gasteiger partial charge in [-0.2, -0.15) is 0 Å². The van der Waals surface area contributed by atoms with Gasteiger partial charge in [-0.1, -0.05) is 48.5 Å². The summed E-state index contributed by atoms with van der Waals surface area (Å²) in [4.78, 5) is 0. The highest BCUT2D eigenvalue weighted by Crippen LogP contribution is 2.26. The molecule has 0 aliphatic heterocycles. The first-order valence-electron chi connectivity index (χ1n) is 11.7. The van der Waals surface area contributed by atoms with E-state index in [1.165, 1.54) is 0 Å². The van der Waals surface area contributed by atoms with E-state index in [0.717, 1.165) is 25.9 Å². The Morgan fingerprint density at radius 1 is 0.759 bits per heavy atom. The molecule has 0 aromatic heterocycles. The predicted octanol–water partition coefficient (Wildman–Crippen LogP) is 2.92. The third-order valence-electron chi connectivity index (χ3n) is 6.34. The zero-order valence-corrected chi connectivity index (χ0v) is 19.8. The van der Waals surface area contributed by atoms with Gasteiger partial charge in [-0.25, -0.2) is 0 Å². The van der Waals surface area contributed by atoms with Gasteiger partial charge in [0.2, 0.25) is 0 Å². The molecule has 0 bridgehead atoms. The Morgan fingerprint density at radius 2 is 1.38 bits per heavy atom. The normalized spacial score (nSPS) is 21.6. The average Bonchev–Trinajstić information content (AvgIpc) is 2.72. The summed E-state index contributed by atoms with van der Waals surface area (Å²) in [5.74, 6) is -0.542. The number of hydrogen-bond acceptors (Lipinski definition) is 6. The van der Waals surface area contributed by atoms with E-state index >= 15 is 0 Å². The first-order valence-corrected chi connectivity index (χ1v) is 11.7. The van der Waals surface area contributed by atoms with Crippen LogP contribution >= 0.6 is 0 Å². The van der Waals surface area contributed by atoms with E-state index in [2.05, 4.69) is 19.2 Å². The molecule has 5 N–H and O–H groups in total. The minimum atomic E-state index is -1.15. The molecule has 6 nitrogen and oxygen atoms in total. The van der Waals surface area contributed by atoms with Crippen LogP contribution in [-0.2, 0) is 4.74 Å². The summed E-state index contributed by atoms with van der Waals surface area (Å²) in [6.07, 6.45) is 0.483. The van der Waals surface area contributed by atoms with Gasteiger partial charge in [0.25, 0.3) is 0 Å². The van der Waals surface area contributed by atoms with Crippen LogP contribution in [0.3, 0.4) is 0 Å². The summed E-state index contributed by atoms with van der Waals surface area (Å²) in [5.41, 5.74) is 0. The van der Waals surface area contributed by atoms with Gasteiger partial charge in [0, 0.05) is 17.8 Å². The van der Waals surface area contributed by atoms with Crippen molar-refractivity contribution in [3.05, 3.63) is 0 Å².